The quantitative estimate of drug-likeness (QED) is 0.544. The second-order valence-corrected chi connectivity index (χ2v) is 8.04. The van der Waals surface area contributed by atoms with Gasteiger partial charge < -0.3 is 10.6 Å². The maximum absolute atomic E-state index is 12.6. The Balaban J connectivity index is 2.10. The fourth-order valence-electron chi connectivity index (χ4n) is 2.14. The van der Waals surface area contributed by atoms with Crippen LogP contribution in [0.25, 0.3) is 0 Å². The smallest absolute Gasteiger partial charge is 0.243 e. The van der Waals surface area contributed by atoms with Crippen LogP contribution in [-0.2, 0) is 19.6 Å². The fourth-order valence-corrected chi connectivity index (χ4v) is 4.12. The van der Waals surface area contributed by atoms with E-state index in [2.05, 4.69) is 17.2 Å². The molecule has 9 heteroatoms. The summed E-state index contributed by atoms with van der Waals surface area (Å²) in [6.07, 6.45) is 1.71. The van der Waals surface area contributed by atoms with Crippen molar-refractivity contribution in [3.05, 3.63) is 36.9 Å². The predicted molar refractivity (Wildman–Crippen MR) is 94.4 cm³/mol. The zero-order chi connectivity index (χ0) is 17.6. The van der Waals surface area contributed by atoms with Gasteiger partial charge in [-0.15, -0.1) is 18.3 Å². The number of sulfonamides is 1. The summed E-state index contributed by atoms with van der Waals surface area (Å²) >= 11 is 1.41. The van der Waals surface area contributed by atoms with Gasteiger partial charge in [-0.25, -0.2) is 8.42 Å². The van der Waals surface area contributed by atoms with Crippen LogP contribution in [0.1, 0.15) is 0 Å². The Morgan fingerprint density at radius 2 is 2.25 bits per heavy atom. The number of thioether (sulfide) groups is 1. The van der Waals surface area contributed by atoms with Gasteiger partial charge in [0, 0.05) is 24.5 Å². The van der Waals surface area contributed by atoms with Gasteiger partial charge in [0.15, 0.2) is 0 Å². The summed E-state index contributed by atoms with van der Waals surface area (Å²) in [5.41, 5.74) is 0.404. The van der Waals surface area contributed by atoms with Gasteiger partial charge >= 0.3 is 0 Å². The number of anilines is 1. The largest absolute Gasteiger partial charge is 0.354 e. The third-order valence-corrected chi connectivity index (χ3v) is 6.01. The second kappa shape index (κ2) is 8.32. The Morgan fingerprint density at radius 1 is 1.46 bits per heavy atom. The number of piperazine rings is 1. The Hall–Kier alpha value is -1.84. The van der Waals surface area contributed by atoms with Crippen molar-refractivity contribution in [2.75, 3.05) is 36.5 Å². The van der Waals surface area contributed by atoms with Gasteiger partial charge in [-0.2, -0.15) is 4.31 Å². The molecule has 0 bridgehead atoms. The van der Waals surface area contributed by atoms with Crippen LogP contribution in [0.2, 0.25) is 0 Å². The molecule has 1 heterocycles. The first-order valence-corrected chi connectivity index (χ1v) is 9.88. The van der Waals surface area contributed by atoms with E-state index < -0.39 is 10.0 Å². The molecule has 0 saturated carbocycles. The summed E-state index contributed by atoms with van der Waals surface area (Å²) in [6, 6.07) is 6.03. The number of hydrogen-bond acceptors (Lipinski definition) is 5. The van der Waals surface area contributed by atoms with Crippen LogP contribution >= 0.6 is 11.8 Å². The number of carbonyl (C=O) groups is 2. The SMILES string of the molecule is C=CCSCC(=O)Nc1cccc(S(=O)(=O)N2CCNC(=O)C2)c1. The molecule has 1 aliphatic heterocycles. The van der Waals surface area contributed by atoms with Crippen molar-refractivity contribution in [2.24, 2.45) is 0 Å². The van der Waals surface area contributed by atoms with Crippen molar-refractivity contribution >= 4 is 39.3 Å². The van der Waals surface area contributed by atoms with Crippen LogP contribution in [-0.4, -0.2) is 55.7 Å². The highest BCUT2D eigenvalue weighted by Crippen LogP contribution is 2.20. The van der Waals surface area contributed by atoms with Crippen LogP contribution in [0.5, 0.6) is 0 Å². The molecule has 2 rings (SSSR count). The van der Waals surface area contributed by atoms with E-state index in [1.54, 1.807) is 18.2 Å². The van der Waals surface area contributed by atoms with Crippen LogP contribution in [0.4, 0.5) is 5.69 Å². The molecule has 2 amide bonds. The molecular formula is C15H19N3O4S2. The highest BCUT2D eigenvalue weighted by Gasteiger charge is 2.29. The van der Waals surface area contributed by atoms with Gasteiger partial charge in [-0.3, -0.25) is 9.59 Å². The van der Waals surface area contributed by atoms with E-state index in [4.69, 9.17) is 0 Å². The molecule has 0 atom stereocenters. The summed E-state index contributed by atoms with van der Waals surface area (Å²) in [4.78, 5) is 23.3. The molecule has 24 heavy (non-hydrogen) atoms. The average Bonchev–Trinajstić information content (AvgIpc) is 2.55. The Kier molecular flexibility index (Phi) is 6.41. The molecule has 1 aromatic rings. The van der Waals surface area contributed by atoms with Gasteiger partial charge in [-0.05, 0) is 18.2 Å². The molecule has 1 aliphatic rings. The number of rotatable bonds is 7. The van der Waals surface area contributed by atoms with Crippen LogP contribution in [0, 0.1) is 0 Å². The zero-order valence-corrected chi connectivity index (χ0v) is 14.7. The maximum Gasteiger partial charge on any atom is 0.243 e. The summed E-state index contributed by atoms with van der Waals surface area (Å²) in [6.45, 7) is 3.89. The zero-order valence-electron chi connectivity index (χ0n) is 13.0. The van der Waals surface area contributed by atoms with Crippen molar-refractivity contribution in [3.8, 4) is 0 Å². The number of benzene rings is 1. The van der Waals surface area contributed by atoms with E-state index in [9.17, 15) is 18.0 Å². The van der Waals surface area contributed by atoms with Crippen LogP contribution in [0.15, 0.2) is 41.8 Å². The van der Waals surface area contributed by atoms with Crippen molar-refractivity contribution in [1.82, 2.24) is 9.62 Å². The summed E-state index contributed by atoms with van der Waals surface area (Å²) < 4.78 is 26.3. The minimum Gasteiger partial charge on any atom is -0.354 e. The first-order chi connectivity index (χ1) is 11.4. The summed E-state index contributed by atoms with van der Waals surface area (Å²) in [7, 11) is -3.77. The molecule has 0 aromatic heterocycles. The van der Waals surface area contributed by atoms with Gasteiger partial charge in [0.05, 0.1) is 17.2 Å². The lowest BCUT2D eigenvalue weighted by atomic mass is 10.3. The predicted octanol–water partition coefficient (Wildman–Crippen LogP) is 0.665. The third-order valence-electron chi connectivity index (χ3n) is 3.23. The van der Waals surface area contributed by atoms with E-state index in [-0.39, 0.29) is 42.1 Å². The highest BCUT2D eigenvalue weighted by molar-refractivity contribution is 8.00. The van der Waals surface area contributed by atoms with Gasteiger partial charge in [-0.1, -0.05) is 12.1 Å². The monoisotopic (exact) mass is 369 g/mol. The molecule has 1 fully saturated rings. The van der Waals surface area contributed by atoms with Crippen LogP contribution in [0.3, 0.4) is 0 Å². The molecule has 0 spiro atoms. The van der Waals surface area contributed by atoms with Crippen molar-refractivity contribution in [2.45, 2.75) is 4.90 Å². The normalized spacial score (nSPS) is 15.6. The molecule has 0 aliphatic carbocycles. The number of nitrogens with zero attached hydrogens (tertiary/aromatic N) is 1. The lowest BCUT2D eigenvalue weighted by Crippen LogP contribution is -2.49. The molecule has 2 N–H and O–H groups in total. The Bertz CT molecular complexity index is 734. The van der Waals surface area contributed by atoms with Crippen LogP contribution < -0.4 is 10.6 Å². The molecular weight excluding hydrogens is 350 g/mol. The number of hydrogen-bond donors (Lipinski definition) is 2. The maximum atomic E-state index is 12.6. The molecule has 7 nitrogen and oxygen atoms in total. The molecule has 0 radical (unpaired) electrons. The highest BCUT2D eigenvalue weighted by atomic mass is 32.2. The van der Waals surface area contributed by atoms with E-state index in [1.807, 2.05) is 0 Å². The minimum atomic E-state index is -3.77. The van der Waals surface area contributed by atoms with E-state index >= 15 is 0 Å². The van der Waals surface area contributed by atoms with Gasteiger partial charge in [0.25, 0.3) is 0 Å². The summed E-state index contributed by atoms with van der Waals surface area (Å²) in [5.74, 6) is 0.385. The molecule has 130 valence electrons. The summed E-state index contributed by atoms with van der Waals surface area (Å²) in [5, 5.41) is 5.25. The minimum absolute atomic E-state index is 0.0498. The average molecular weight is 369 g/mol. The van der Waals surface area contributed by atoms with Crippen molar-refractivity contribution < 1.29 is 18.0 Å². The molecule has 0 unspecified atom stereocenters. The van der Waals surface area contributed by atoms with Crippen molar-refractivity contribution in [3.63, 3.8) is 0 Å². The fraction of sp³-hybridized carbons (Fsp3) is 0.333. The first kappa shape index (κ1) is 18.5. The van der Waals surface area contributed by atoms with Crippen molar-refractivity contribution in [1.29, 1.82) is 0 Å². The van der Waals surface area contributed by atoms with Gasteiger partial charge in [0.2, 0.25) is 21.8 Å². The van der Waals surface area contributed by atoms with Gasteiger partial charge in [0.1, 0.15) is 0 Å². The lowest BCUT2D eigenvalue weighted by molar-refractivity contribution is -0.122. The third kappa shape index (κ3) is 4.83. The Labute approximate surface area is 145 Å². The number of nitrogens with one attached hydrogen (secondary N) is 2. The second-order valence-electron chi connectivity index (χ2n) is 5.07. The lowest BCUT2D eigenvalue weighted by Gasteiger charge is -2.26. The van der Waals surface area contributed by atoms with E-state index in [0.29, 0.717) is 11.4 Å². The first-order valence-electron chi connectivity index (χ1n) is 7.29. The Morgan fingerprint density at radius 3 is 2.96 bits per heavy atom. The van der Waals surface area contributed by atoms with E-state index in [1.165, 1.54) is 23.9 Å². The molecule has 1 saturated heterocycles. The number of carbonyl (C=O) groups excluding carboxylic acids is 2. The molecule has 1 aromatic carbocycles. The topological polar surface area (TPSA) is 95.6 Å². The number of amides is 2. The standard InChI is InChI=1S/C15H19N3O4S2/c1-2-8-23-11-15(20)17-12-4-3-5-13(9-12)24(21,22)18-7-6-16-14(19)10-18/h2-5,9H,1,6-8,10-11H2,(H,16,19)(H,17,20). The van der Waals surface area contributed by atoms with E-state index in [0.717, 1.165) is 4.31 Å².